The van der Waals surface area contributed by atoms with Crippen molar-refractivity contribution in [3.8, 4) is 0 Å². The third kappa shape index (κ3) is 3.02. The van der Waals surface area contributed by atoms with Gasteiger partial charge in [0.1, 0.15) is 0 Å². The predicted octanol–water partition coefficient (Wildman–Crippen LogP) is -2.63. The zero-order valence-electron chi connectivity index (χ0n) is 8.39. The Balaban J connectivity index is 2.63. The fourth-order valence-corrected chi connectivity index (χ4v) is 1.47. The molecule has 92 valence electrons. The quantitative estimate of drug-likeness (QED) is 0.180. The first-order chi connectivity index (χ1) is 7.41. The molecule has 6 N–H and O–H groups in total. The molecule has 1 saturated heterocycles. The molecule has 0 bridgehead atoms. The van der Waals surface area contributed by atoms with Crippen molar-refractivity contribution in [1.29, 1.82) is 0 Å². The first kappa shape index (κ1) is 12.6. The van der Waals surface area contributed by atoms with E-state index in [4.69, 9.17) is 16.2 Å². The van der Waals surface area contributed by atoms with Gasteiger partial charge in [0.15, 0.2) is 18.4 Å². The van der Waals surface area contributed by atoms with Crippen LogP contribution in [-0.2, 0) is 4.74 Å². The number of aliphatic hydroxyl groups excluding tert-OH is 2. The van der Waals surface area contributed by atoms with Gasteiger partial charge in [-0.05, 0) is 0 Å². The summed E-state index contributed by atoms with van der Waals surface area (Å²) >= 11 is 0. The lowest BCUT2D eigenvalue weighted by molar-refractivity contribution is -0.550. The number of aliphatic imine (C=N–C) groups is 1. The molecule has 0 aliphatic carbocycles. The Morgan fingerprint density at radius 3 is 2.69 bits per heavy atom. The second-order valence-electron chi connectivity index (χ2n) is 3.49. The summed E-state index contributed by atoms with van der Waals surface area (Å²) in [5.74, 6) is -0.165. The van der Waals surface area contributed by atoms with Gasteiger partial charge >= 0.3 is 0 Å². The van der Waals surface area contributed by atoms with Crippen LogP contribution >= 0.6 is 0 Å². The second kappa shape index (κ2) is 5.05. The normalized spacial score (nSPS) is 34.4. The van der Waals surface area contributed by atoms with E-state index in [1.807, 2.05) is 0 Å². The highest BCUT2D eigenvalue weighted by atomic mass is 16.6. The minimum Gasteiger partial charge on any atom is -0.381 e. The molecular weight excluding hydrogens is 220 g/mol. The van der Waals surface area contributed by atoms with Gasteiger partial charge in [-0.1, -0.05) is 0 Å². The molecule has 0 aromatic heterocycles. The van der Waals surface area contributed by atoms with E-state index in [9.17, 15) is 20.3 Å². The van der Waals surface area contributed by atoms with E-state index in [1.165, 1.54) is 0 Å². The Hall–Kier alpha value is -1.45. The second-order valence-corrected chi connectivity index (χ2v) is 3.49. The average Bonchev–Trinajstić information content (AvgIpc) is 2.19. The highest BCUT2D eigenvalue weighted by Crippen LogP contribution is 2.21. The van der Waals surface area contributed by atoms with E-state index < -0.39 is 29.5 Å². The lowest BCUT2D eigenvalue weighted by atomic mass is 10.0. The van der Waals surface area contributed by atoms with Crippen LogP contribution in [0.2, 0.25) is 0 Å². The summed E-state index contributed by atoms with van der Waals surface area (Å²) in [5.41, 5.74) is 10.2. The molecule has 0 radical (unpaired) electrons. The van der Waals surface area contributed by atoms with E-state index in [1.54, 1.807) is 0 Å². The smallest absolute Gasteiger partial charge is 0.246 e. The molecule has 1 rings (SSSR count). The van der Waals surface area contributed by atoms with Gasteiger partial charge in [0.25, 0.3) is 0 Å². The molecule has 1 fully saturated rings. The molecule has 16 heavy (non-hydrogen) atoms. The molecule has 1 aliphatic rings. The molecule has 2 unspecified atom stereocenters. The number of guanidine groups is 1. The van der Waals surface area contributed by atoms with Crippen molar-refractivity contribution in [3.63, 3.8) is 0 Å². The zero-order valence-corrected chi connectivity index (χ0v) is 8.39. The number of ether oxygens (including phenoxy) is 1. The molecule has 0 saturated carbocycles. The molecule has 0 spiro atoms. The third-order valence-electron chi connectivity index (χ3n) is 2.27. The van der Waals surface area contributed by atoms with E-state index in [2.05, 4.69) is 4.99 Å². The van der Waals surface area contributed by atoms with Crippen LogP contribution in [0.15, 0.2) is 4.99 Å². The Morgan fingerprint density at radius 1 is 1.56 bits per heavy atom. The van der Waals surface area contributed by atoms with Crippen LogP contribution in [0.3, 0.4) is 0 Å². The summed E-state index contributed by atoms with van der Waals surface area (Å²) in [6.45, 7) is 0.0104. The maximum absolute atomic E-state index is 10.6. The van der Waals surface area contributed by atoms with E-state index in [-0.39, 0.29) is 18.9 Å². The number of hydrogen-bond donors (Lipinski definition) is 4. The standard InChI is InChI=1S/C7H14N4O5/c8-7(9)10-2-3-1-4(11(14)15)5(12)6(13)16-3/h3-6,12-13H,1-2H2,(H4,8,9,10)/t3-,4?,5?,6+/m0/s1. The fraction of sp³-hybridized carbons (Fsp3) is 0.857. The van der Waals surface area contributed by atoms with Crippen LogP contribution in [0.25, 0.3) is 0 Å². The fourth-order valence-electron chi connectivity index (χ4n) is 1.47. The summed E-state index contributed by atoms with van der Waals surface area (Å²) in [7, 11) is 0. The van der Waals surface area contributed by atoms with Gasteiger partial charge in [-0.15, -0.1) is 0 Å². The number of hydrogen-bond acceptors (Lipinski definition) is 6. The topological polar surface area (TPSA) is 157 Å². The Kier molecular flexibility index (Phi) is 3.99. The van der Waals surface area contributed by atoms with Gasteiger partial charge in [0.05, 0.1) is 12.6 Å². The maximum atomic E-state index is 10.6. The lowest BCUT2D eigenvalue weighted by Gasteiger charge is -2.31. The molecule has 0 aromatic rings. The van der Waals surface area contributed by atoms with Crippen molar-refractivity contribution in [2.75, 3.05) is 6.54 Å². The summed E-state index contributed by atoms with van der Waals surface area (Å²) in [4.78, 5) is 13.6. The molecule has 0 aromatic carbocycles. The van der Waals surface area contributed by atoms with Crippen LogP contribution in [0, 0.1) is 10.1 Å². The van der Waals surface area contributed by atoms with E-state index in [0.717, 1.165) is 0 Å². The number of aliphatic hydroxyl groups is 2. The third-order valence-corrected chi connectivity index (χ3v) is 2.27. The molecule has 0 amide bonds. The summed E-state index contributed by atoms with van der Waals surface area (Å²) in [6, 6.07) is -1.28. The van der Waals surface area contributed by atoms with Crippen molar-refractivity contribution in [2.24, 2.45) is 16.5 Å². The molecule has 9 nitrogen and oxygen atoms in total. The zero-order chi connectivity index (χ0) is 12.3. The van der Waals surface area contributed by atoms with Crippen LogP contribution in [0.5, 0.6) is 0 Å². The summed E-state index contributed by atoms with van der Waals surface area (Å²) < 4.78 is 4.91. The Labute approximate surface area is 90.9 Å². The van der Waals surface area contributed by atoms with Gasteiger partial charge in [0.2, 0.25) is 6.04 Å². The van der Waals surface area contributed by atoms with Crippen LogP contribution in [0.1, 0.15) is 6.42 Å². The SMILES string of the molecule is NC(N)=NC[C@@H]1CC([N+](=O)[O-])C(O)[C@H](O)O1. The lowest BCUT2D eigenvalue weighted by Crippen LogP contribution is -2.52. The van der Waals surface area contributed by atoms with Gasteiger partial charge in [-0.2, -0.15) is 0 Å². The number of nitrogens with zero attached hydrogens (tertiary/aromatic N) is 2. The Morgan fingerprint density at radius 2 is 2.19 bits per heavy atom. The van der Waals surface area contributed by atoms with Gasteiger partial charge < -0.3 is 26.4 Å². The predicted molar refractivity (Wildman–Crippen MR) is 53.0 cm³/mol. The maximum Gasteiger partial charge on any atom is 0.246 e. The summed E-state index contributed by atoms with van der Waals surface area (Å²) in [5, 5.41) is 29.1. The number of nitrogens with two attached hydrogens (primary N) is 2. The molecule has 1 heterocycles. The molecule has 1 aliphatic heterocycles. The van der Waals surface area contributed by atoms with Crippen LogP contribution < -0.4 is 11.5 Å². The van der Waals surface area contributed by atoms with Crippen molar-refractivity contribution in [2.45, 2.75) is 31.0 Å². The highest BCUT2D eigenvalue weighted by molar-refractivity contribution is 5.75. The monoisotopic (exact) mass is 234 g/mol. The molecule has 9 heteroatoms. The first-order valence-electron chi connectivity index (χ1n) is 4.62. The van der Waals surface area contributed by atoms with Crippen molar-refractivity contribution in [3.05, 3.63) is 10.1 Å². The van der Waals surface area contributed by atoms with Gasteiger partial charge in [0, 0.05) is 11.3 Å². The minimum atomic E-state index is -1.59. The largest absolute Gasteiger partial charge is 0.381 e. The molecule has 4 atom stereocenters. The van der Waals surface area contributed by atoms with Gasteiger partial charge in [-0.3, -0.25) is 15.1 Å². The van der Waals surface area contributed by atoms with Gasteiger partial charge in [-0.25, -0.2) is 0 Å². The Bertz CT molecular complexity index is 293. The van der Waals surface area contributed by atoms with E-state index in [0.29, 0.717) is 0 Å². The van der Waals surface area contributed by atoms with Crippen molar-refractivity contribution >= 4 is 5.96 Å². The number of nitro groups is 1. The van der Waals surface area contributed by atoms with Crippen molar-refractivity contribution in [1.82, 2.24) is 0 Å². The summed E-state index contributed by atoms with van der Waals surface area (Å²) in [6.07, 6.45) is -3.87. The molecular formula is C7H14N4O5. The first-order valence-corrected chi connectivity index (χ1v) is 4.62. The highest BCUT2D eigenvalue weighted by Gasteiger charge is 2.43. The van der Waals surface area contributed by atoms with Crippen LogP contribution in [0.4, 0.5) is 0 Å². The van der Waals surface area contributed by atoms with Crippen molar-refractivity contribution < 1.29 is 19.9 Å². The number of rotatable bonds is 3. The minimum absolute atomic E-state index is 0.0104. The van der Waals surface area contributed by atoms with E-state index >= 15 is 0 Å². The van der Waals surface area contributed by atoms with Crippen LogP contribution in [-0.4, -0.2) is 52.2 Å². The average molecular weight is 234 g/mol.